The van der Waals surface area contributed by atoms with Crippen molar-refractivity contribution in [3.05, 3.63) is 401 Å². The molecule has 1 unspecified atom stereocenters. The number of amides is 2. The molecule has 3 heterocycles. The molecule has 95 heavy (non-hydrogen) atoms. The SMILES string of the molecule is O=C(OC(c1ccccc1)c1ccccc1)C1=C(C=P(c2ccccc2)(c2ccccc2)c2ccccc2)CS[C@H]2C(NC(=O)/C(=N\OC(c3ccccc3)(c3ccccc3)c3ccccc3)c3csc(NC(c4ccccc4)(c4ccccc4)c4ccccc4)n3)C(=O)N12. The van der Waals surface area contributed by atoms with E-state index in [0.717, 1.165) is 60.4 Å². The Balaban J connectivity index is 0.903. The Morgan fingerprint density at radius 2 is 0.884 bits per heavy atom. The molecule has 10 nitrogen and oxygen atoms in total. The molecule has 2 amide bonds. The van der Waals surface area contributed by atoms with E-state index in [4.69, 9.17) is 19.7 Å². The van der Waals surface area contributed by atoms with Crippen molar-refractivity contribution in [1.82, 2.24) is 15.2 Å². The van der Waals surface area contributed by atoms with Crippen LogP contribution in [0, 0.1) is 0 Å². The van der Waals surface area contributed by atoms with Crippen LogP contribution < -0.4 is 26.5 Å². The summed E-state index contributed by atoms with van der Waals surface area (Å²) < 4.78 is 6.79. The predicted molar refractivity (Wildman–Crippen MR) is 386 cm³/mol. The van der Waals surface area contributed by atoms with Gasteiger partial charge in [0, 0.05) is 27.8 Å². The van der Waals surface area contributed by atoms with Crippen LogP contribution in [0.4, 0.5) is 5.13 Å². The van der Waals surface area contributed by atoms with Crippen molar-refractivity contribution in [3.63, 3.8) is 0 Å². The van der Waals surface area contributed by atoms with Crippen LogP contribution >= 0.6 is 30.0 Å². The van der Waals surface area contributed by atoms with Crippen molar-refractivity contribution in [2.24, 2.45) is 5.16 Å². The first-order valence-corrected chi connectivity index (χ1v) is 35.2. The number of thiazole rings is 1. The Bertz CT molecular complexity index is 4400. The number of β-lactam (4-membered cyclic amide) rings is 1. The highest BCUT2D eigenvalue weighted by Gasteiger charge is 2.55. The second-order valence-corrected chi connectivity index (χ2v) is 28.2. The molecule has 1 fully saturated rings. The number of aromatic nitrogens is 1. The molecule has 0 bridgehead atoms. The molecule has 2 aliphatic rings. The van der Waals surface area contributed by atoms with Gasteiger partial charge in [0.05, 0.1) is 0 Å². The second-order valence-electron chi connectivity index (χ2n) is 23.0. The fourth-order valence-corrected chi connectivity index (χ4v) is 19.1. The van der Waals surface area contributed by atoms with Crippen LogP contribution in [0.5, 0.6) is 0 Å². The number of rotatable bonds is 21. The molecule has 0 spiro atoms. The van der Waals surface area contributed by atoms with Crippen molar-refractivity contribution >= 4 is 80.3 Å². The predicted octanol–water partition coefficient (Wildman–Crippen LogP) is 15.0. The van der Waals surface area contributed by atoms with Gasteiger partial charge in [-0.25, -0.2) is 9.78 Å². The zero-order valence-corrected chi connectivity index (χ0v) is 54.0. The lowest BCUT2D eigenvalue weighted by atomic mass is 9.77. The number of carbonyl (C=O) groups excluding carboxylic acids is 3. The van der Waals surface area contributed by atoms with Crippen LogP contribution in [0.25, 0.3) is 0 Å². The van der Waals surface area contributed by atoms with Crippen LogP contribution in [0.1, 0.15) is 56.3 Å². The lowest BCUT2D eigenvalue weighted by Crippen LogP contribution is -2.71. The minimum absolute atomic E-state index is 0.109. The lowest BCUT2D eigenvalue weighted by Gasteiger charge is -2.49. The number of hydrogen-bond donors (Lipinski definition) is 2. The van der Waals surface area contributed by atoms with Crippen LogP contribution in [-0.4, -0.2) is 56.3 Å². The Morgan fingerprint density at radius 1 is 0.516 bits per heavy atom. The highest BCUT2D eigenvalue weighted by molar-refractivity contribution is 8.00. The number of fused-ring (bicyclic) bond motifs is 1. The topological polar surface area (TPSA) is 122 Å². The number of ether oxygens (including phenoxy) is 1. The number of hydrogen-bond acceptors (Lipinski definition) is 10. The molecule has 2 atom stereocenters. The van der Waals surface area contributed by atoms with Crippen LogP contribution in [0.15, 0.2) is 355 Å². The zero-order valence-electron chi connectivity index (χ0n) is 51.5. The summed E-state index contributed by atoms with van der Waals surface area (Å²) in [6.45, 7) is -2.78. The smallest absolute Gasteiger partial charge is 0.356 e. The van der Waals surface area contributed by atoms with E-state index >= 15 is 14.4 Å². The molecular formula is C82H64N5O5PS2. The Labute approximate surface area is 561 Å². The van der Waals surface area contributed by atoms with E-state index in [0.29, 0.717) is 10.7 Å². The summed E-state index contributed by atoms with van der Waals surface area (Å²) in [5, 5.41) is 16.7. The third-order valence-electron chi connectivity index (χ3n) is 17.4. The Kier molecular flexibility index (Phi) is 18.0. The fraction of sp³-hybridized carbons (Fsp3) is 0.0732. The summed E-state index contributed by atoms with van der Waals surface area (Å²) >= 11 is 2.79. The summed E-state index contributed by atoms with van der Waals surface area (Å²) in [5.74, 6) is 0.622. The number of carbonyl (C=O) groups is 3. The number of benzene rings is 11. The molecular weight excluding hydrogens is 1230 g/mol. The van der Waals surface area contributed by atoms with E-state index in [1.807, 2.05) is 261 Å². The Hall–Kier alpha value is -10.9. The van der Waals surface area contributed by atoms with E-state index in [-0.39, 0.29) is 22.9 Å². The summed E-state index contributed by atoms with van der Waals surface area (Å²) in [5.41, 5.74) is 5.04. The number of anilines is 1. The van der Waals surface area contributed by atoms with E-state index in [9.17, 15) is 0 Å². The summed E-state index contributed by atoms with van der Waals surface area (Å²) in [6.07, 6.45) is -0.834. The standard InChI is InChI=1S/C82H64N5O5PS2/c88-76(84-73-77(89)87-74(79(90)91-75(59-34-12-1-13-35-59)60-36-14-2-15-37-60)61(57-94-78(73)87)56-93(68-50-28-9-29-51-68,69-52-30-10-31-53-69)70-54-32-11-33-55-70)72(86-92-82(65-44-22-6-23-45-65,66-46-24-7-25-47-66)67-48-26-8-27-49-67)71-58-95-80(83-71)85-81(62-38-16-3-17-39-62,63-40-18-4-19-41-63)64-42-20-5-21-43-64/h1-56,58,73,75,78H,57H2,(H,83,85)(H,84,88)/b86-72-/t73?,78-/m0/s1. The first kappa shape index (κ1) is 61.6. The van der Waals surface area contributed by atoms with Gasteiger partial charge in [-0.3, -0.25) is 14.5 Å². The average molecular weight is 1290 g/mol. The fourth-order valence-electron chi connectivity index (χ4n) is 13.0. The van der Waals surface area contributed by atoms with Gasteiger partial charge < -0.3 is 20.2 Å². The van der Waals surface area contributed by atoms with Gasteiger partial charge in [0.25, 0.3) is 11.8 Å². The largest absolute Gasteiger partial charge is 0.448 e. The Morgan fingerprint density at radius 3 is 1.28 bits per heavy atom. The third-order valence-corrected chi connectivity index (χ3v) is 23.5. The van der Waals surface area contributed by atoms with Crippen LogP contribution in [-0.2, 0) is 35.1 Å². The minimum Gasteiger partial charge on any atom is -0.448 e. The number of nitrogens with zero attached hydrogens (tertiary/aromatic N) is 3. The quantitative estimate of drug-likeness (QED) is 0.0182. The first-order chi connectivity index (χ1) is 46.8. The molecule has 1 aromatic heterocycles. The number of nitrogens with one attached hydrogen (secondary N) is 2. The van der Waals surface area contributed by atoms with Gasteiger partial charge in [-0.05, 0) is 62.0 Å². The monoisotopic (exact) mass is 1290 g/mol. The summed E-state index contributed by atoms with van der Waals surface area (Å²) in [4.78, 5) is 61.6. The molecule has 464 valence electrons. The van der Waals surface area contributed by atoms with E-state index in [2.05, 4.69) is 89.2 Å². The highest BCUT2D eigenvalue weighted by Crippen LogP contribution is 2.49. The van der Waals surface area contributed by atoms with Gasteiger partial charge in [-0.1, -0.05) is 339 Å². The van der Waals surface area contributed by atoms with Gasteiger partial charge in [0.15, 0.2) is 16.9 Å². The molecule has 11 aromatic carbocycles. The molecule has 2 N–H and O–H groups in total. The maximum Gasteiger partial charge on any atom is 0.356 e. The van der Waals surface area contributed by atoms with E-state index in [1.165, 1.54) is 28.0 Å². The third kappa shape index (κ3) is 12.0. The molecule has 2 aliphatic heterocycles. The van der Waals surface area contributed by atoms with Gasteiger partial charge >= 0.3 is 5.97 Å². The van der Waals surface area contributed by atoms with E-state index < -0.39 is 53.3 Å². The lowest BCUT2D eigenvalue weighted by molar-refractivity contribution is -0.154. The highest BCUT2D eigenvalue weighted by atomic mass is 32.2. The molecule has 13 heteroatoms. The van der Waals surface area contributed by atoms with Gasteiger partial charge in [0.1, 0.15) is 28.3 Å². The summed E-state index contributed by atoms with van der Waals surface area (Å²) in [7, 11) is 0. The van der Waals surface area contributed by atoms with Crippen LogP contribution in [0.2, 0.25) is 0 Å². The maximum absolute atomic E-state index is 16.0. The molecule has 0 aliphatic carbocycles. The van der Waals surface area contributed by atoms with Gasteiger partial charge in [-0.2, -0.15) is 0 Å². The van der Waals surface area contributed by atoms with Crippen molar-refractivity contribution in [3.8, 4) is 0 Å². The van der Waals surface area contributed by atoms with Gasteiger partial charge in [0.2, 0.25) is 5.60 Å². The van der Waals surface area contributed by atoms with Crippen LogP contribution in [0.3, 0.4) is 0 Å². The minimum atomic E-state index is -2.78. The van der Waals surface area contributed by atoms with Crippen molar-refractivity contribution < 1.29 is 24.0 Å². The van der Waals surface area contributed by atoms with Crippen molar-refractivity contribution in [2.45, 2.75) is 28.7 Å². The van der Waals surface area contributed by atoms with Gasteiger partial charge in [-0.15, -0.1) is 23.1 Å². The number of oxime groups is 1. The second kappa shape index (κ2) is 27.8. The normalized spacial score (nSPS) is 14.9. The average Bonchev–Trinajstić information content (AvgIpc) is 0.747. The van der Waals surface area contributed by atoms with Crippen molar-refractivity contribution in [1.29, 1.82) is 0 Å². The molecule has 0 saturated carbocycles. The first-order valence-electron chi connectivity index (χ1n) is 31.4. The van der Waals surface area contributed by atoms with Crippen molar-refractivity contribution in [2.75, 3.05) is 11.1 Å². The molecule has 14 rings (SSSR count). The molecule has 1 saturated heterocycles. The molecule has 12 aromatic rings. The number of thioether (sulfide) groups is 1. The maximum atomic E-state index is 16.0. The number of esters is 1. The molecule has 0 radical (unpaired) electrons. The zero-order chi connectivity index (χ0) is 64.4. The van der Waals surface area contributed by atoms with E-state index in [1.54, 1.807) is 5.38 Å². The summed E-state index contributed by atoms with van der Waals surface area (Å²) in [6, 6.07) is 109.